The van der Waals surface area contributed by atoms with Crippen LogP contribution < -0.4 is 61.9 Å². The van der Waals surface area contributed by atoms with Gasteiger partial charge in [-0.3, -0.25) is 25.0 Å². The second kappa shape index (κ2) is 14.8. The van der Waals surface area contributed by atoms with Crippen molar-refractivity contribution in [2.24, 2.45) is 21.7 Å². The summed E-state index contributed by atoms with van der Waals surface area (Å²) >= 11 is 12.8. The van der Waals surface area contributed by atoms with Crippen LogP contribution in [0.15, 0.2) is 47.5 Å². The van der Waals surface area contributed by atoms with Crippen molar-refractivity contribution in [2.75, 3.05) is 0 Å². The molecule has 1 fully saturated rings. The van der Waals surface area contributed by atoms with Gasteiger partial charge in [0.1, 0.15) is 11.4 Å². The van der Waals surface area contributed by atoms with E-state index in [0.717, 1.165) is 44.1 Å². The first-order valence-corrected chi connectivity index (χ1v) is 16.4. The fraction of sp³-hybridized carbons (Fsp3) is 0.529. The molecule has 0 bridgehead atoms. The Bertz CT molecular complexity index is 1540. The van der Waals surface area contributed by atoms with Crippen LogP contribution in [0.4, 0.5) is 0 Å². The molecule has 0 saturated heterocycles. The van der Waals surface area contributed by atoms with Gasteiger partial charge in [-0.25, -0.2) is 5.10 Å². The van der Waals surface area contributed by atoms with Gasteiger partial charge in [-0.05, 0) is 91.2 Å². The number of nitrogens with zero attached hydrogens (tertiary/aromatic N) is 6. The number of rotatable bonds is 8. The van der Waals surface area contributed by atoms with Crippen molar-refractivity contribution in [3.8, 4) is 0 Å². The molecule has 240 valence electrons. The van der Waals surface area contributed by atoms with E-state index in [4.69, 9.17) is 28.2 Å². The molecule has 1 aliphatic carbocycles. The van der Waals surface area contributed by atoms with Gasteiger partial charge >= 0.3 is 51.4 Å². The third kappa shape index (κ3) is 8.67. The maximum Gasteiger partial charge on any atom is 1.00 e. The van der Waals surface area contributed by atoms with Crippen molar-refractivity contribution in [1.82, 2.24) is 30.8 Å². The molecule has 46 heavy (non-hydrogen) atoms. The Kier molecular flexibility index (Phi) is 12.0. The molecule has 12 heteroatoms. The predicted octanol–water partition coefficient (Wildman–Crippen LogP) is 4.20. The Balaban J connectivity index is 0.00000480. The number of hydrogen-bond donors (Lipinski definition) is 1. The van der Waals surface area contributed by atoms with Gasteiger partial charge in [0.2, 0.25) is 0 Å². The Morgan fingerprint density at radius 3 is 2.22 bits per heavy atom. The smallest absolute Gasteiger partial charge is 0.347 e. The Morgan fingerprint density at radius 2 is 1.67 bits per heavy atom. The van der Waals surface area contributed by atoms with Gasteiger partial charge in [0.05, 0.1) is 18.4 Å². The van der Waals surface area contributed by atoms with E-state index >= 15 is 0 Å². The number of aromatic nitrogens is 4. The zero-order valence-corrected chi connectivity index (χ0v) is 32.5. The van der Waals surface area contributed by atoms with Crippen molar-refractivity contribution in [3.05, 3.63) is 75.0 Å². The van der Waals surface area contributed by atoms with E-state index in [1.165, 1.54) is 0 Å². The molecule has 5 rings (SSSR count). The topological polar surface area (TPSA) is 115 Å². The number of benzene rings is 2. The van der Waals surface area contributed by atoms with E-state index in [1.54, 1.807) is 30.3 Å². The molecule has 2 amide bonds. The summed E-state index contributed by atoms with van der Waals surface area (Å²) in [6.45, 7) is 13.7. The summed E-state index contributed by atoms with van der Waals surface area (Å²) in [5.41, 5.74) is 2.06. The zero-order chi connectivity index (χ0) is 32.6. The maximum absolute atomic E-state index is 14.6. The molecule has 0 radical (unpaired) electrons. The standard InChI is InChI=1S/C34H43Cl2N7O2.K/c1-32(2,3)14-13-27(21-7-9-22(10-8-21)30(44)37-20-28-39-41-42-40-28)43-31(45)29(23-17-25(35)19-26(36)18-23)38-34(43)15-11-24(12-16-34)33(4,5)6;/h7-10,17-19,24,27H,11-16,20H2,1-6H3,(H2,37,39,40,41,42,44);/q;+1/p-1/t24?,27-,34?;/m1./s1. The van der Waals surface area contributed by atoms with Crippen molar-refractivity contribution >= 4 is 40.7 Å². The first-order valence-electron chi connectivity index (χ1n) is 15.6. The summed E-state index contributed by atoms with van der Waals surface area (Å²) in [6.07, 6.45) is 5.15. The molecule has 1 N–H and O–H groups in total. The summed E-state index contributed by atoms with van der Waals surface area (Å²) in [7, 11) is 0. The summed E-state index contributed by atoms with van der Waals surface area (Å²) in [5.74, 6) is 0.518. The number of aliphatic imine (C=N–C) groups is 1. The molecule has 2 aromatic carbocycles. The quantitative estimate of drug-likeness (QED) is 0.355. The second-order valence-corrected chi connectivity index (χ2v) is 15.5. The Morgan fingerprint density at radius 1 is 1.04 bits per heavy atom. The maximum atomic E-state index is 14.6. The summed E-state index contributed by atoms with van der Waals surface area (Å²) in [4.78, 5) is 34.8. The number of amides is 2. The van der Waals surface area contributed by atoms with Gasteiger partial charge in [-0.1, -0.05) is 76.9 Å². The first kappa shape index (κ1) is 37.2. The third-order valence-electron chi connectivity index (χ3n) is 9.14. The molecule has 1 saturated carbocycles. The van der Waals surface area contributed by atoms with Crippen molar-refractivity contribution in [3.63, 3.8) is 0 Å². The summed E-state index contributed by atoms with van der Waals surface area (Å²) in [5, 5.41) is 18.2. The number of carbonyl (C=O) groups excluding carboxylic acids is 2. The van der Waals surface area contributed by atoms with Gasteiger partial charge in [0, 0.05) is 21.2 Å². The minimum atomic E-state index is -0.677. The van der Waals surface area contributed by atoms with Crippen LogP contribution in [-0.2, 0) is 11.3 Å². The van der Waals surface area contributed by atoms with Gasteiger partial charge in [-0.2, -0.15) is 0 Å². The minimum Gasteiger partial charge on any atom is -0.347 e. The average Bonchev–Trinajstić information content (AvgIpc) is 3.58. The predicted molar refractivity (Wildman–Crippen MR) is 176 cm³/mol. The van der Waals surface area contributed by atoms with Crippen molar-refractivity contribution in [1.29, 1.82) is 0 Å². The van der Waals surface area contributed by atoms with E-state index in [-0.39, 0.29) is 86.6 Å². The molecule has 2 aliphatic rings. The van der Waals surface area contributed by atoms with Crippen LogP contribution in [0.25, 0.3) is 0 Å². The molecular formula is C34H42Cl2KN7O2. The van der Waals surface area contributed by atoms with E-state index in [0.29, 0.717) is 38.6 Å². The number of tetrazole rings is 1. The molecular weight excluding hydrogens is 648 g/mol. The van der Waals surface area contributed by atoms with E-state index in [1.807, 2.05) is 17.0 Å². The second-order valence-electron chi connectivity index (χ2n) is 14.6. The molecule has 1 atom stereocenters. The third-order valence-corrected chi connectivity index (χ3v) is 9.58. The zero-order valence-electron chi connectivity index (χ0n) is 27.9. The van der Waals surface area contributed by atoms with Crippen molar-refractivity contribution in [2.45, 2.75) is 98.3 Å². The van der Waals surface area contributed by atoms with Crippen LogP contribution in [0.3, 0.4) is 0 Å². The van der Waals surface area contributed by atoms with Gasteiger partial charge in [-0.15, -0.1) is 0 Å². The van der Waals surface area contributed by atoms with Crippen LogP contribution in [0.5, 0.6) is 0 Å². The van der Waals surface area contributed by atoms with Crippen LogP contribution in [-0.4, -0.2) is 43.5 Å². The van der Waals surface area contributed by atoms with Crippen LogP contribution in [0, 0.1) is 16.7 Å². The van der Waals surface area contributed by atoms with Gasteiger partial charge in [0.15, 0.2) is 0 Å². The first-order chi connectivity index (χ1) is 21.1. The Hall–Kier alpha value is -1.66. The molecule has 1 aliphatic heterocycles. The SMILES string of the molecule is CC(C)(C)CC[C@H](c1ccc(C(=O)NCc2nn[n-]n2)cc1)N1C(=O)C(c2cc(Cl)cc(Cl)c2)=NC12CCC(C(C)(C)C)CC2.[K+]. The molecule has 1 spiro atoms. The molecule has 1 aromatic heterocycles. The Labute approximate surface area is 324 Å². The average molecular weight is 691 g/mol. The fourth-order valence-corrected chi connectivity index (χ4v) is 7.11. The molecule has 9 nitrogen and oxygen atoms in total. The largest absolute Gasteiger partial charge is 1.00 e. The van der Waals surface area contributed by atoms with E-state index < -0.39 is 5.66 Å². The van der Waals surface area contributed by atoms with Crippen molar-refractivity contribution < 1.29 is 61.0 Å². The normalized spacial score (nSPS) is 20.8. The van der Waals surface area contributed by atoms with Gasteiger partial charge in [0.25, 0.3) is 11.8 Å². The summed E-state index contributed by atoms with van der Waals surface area (Å²) in [6, 6.07) is 12.5. The number of hydrogen-bond acceptors (Lipinski definition) is 6. The number of nitrogens with one attached hydrogen (secondary N) is 1. The monoisotopic (exact) mass is 689 g/mol. The van der Waals surface area contributed by atoms with Gasteiger partial charge < -0.3 is 15.3 Å². The van der Waals surface area contributed by atoms with Crippen LogP contribution in [0.1, 0.15) is 113 Å². The number of carbonyl (C=O) groups is 2. The van der Waals surface area contributed by atoms with E-state index in [2.05, 4.69) is 67.5 Å². The minimum absolute atomic E-state index is 0. The molecule has 3 aromatic rings. The summed E-state index contributed by atoms with van der Waals surface area (Å²) < 4.78 is 0. The van der Waals surface area contributed by atoms with Crippen LogP contribution >= 0.6 is 23.2 Å². The molecule has 2 heterocycles. The van der Waals surface area contributed by atoms with E-state index in [9.17, 15) is 9.59 Å². The van der Waals surface area contributed by atoms with Crippen LogP contribution in [0.2, 0.25) is 10.0 Å². The fourth-order valence-electron chi connectivity index (χ4n) is 6.59. The molecule has 0 unspecified atom stereocenters. The number of halogens is 2.